The third-order valence-corrected chi connectivity index (χ3v) is 5.12. The van der Waals surface area contributed by atoms with Gasteiger partial charge in [0, 0.05) is 22.9 Å². The second kappa shape index (κ2) is 6.08. The van der Waals surface area contributed by atoms with E-state index in [1.807, 2.05) is 11.3 Å². The lowest BCUT2D eigenvalue weighted by molar-refractivity contribution is 0.185. The first-order valence-corrected chi connectivity index (χ1v) is 7.99. The summed E-state index contributed by atoms with van der Waals surface area (Å²) >= 11 is 1.91. The Balaban J connectivity index is 1.89. The van der Waals surface area contributed by atoms with Crippen molar-refractivity contribution in [1.82, 2.24) is 5.32 Å². The van der Waals surface area contributed by atoms with Crippen LogP contribution in [0.25, 0.3) is 10.4 Å². The predicted octanol–water partition coefficient (Wildman–Crippen LogP) is 4.23. The molecule has 2 aromatic rings. The SMILES string of the molecule is CNC(c1ccc(-c2ccccc2COC)s1)C1CC1. The molecule has 1 atom stereocenters. The largest absolute Gasteiger partial charge is 0.380 e. The molecule has 3 rings (SSSR count). The van der Waals surface area contributed by atoms with Crippen molar-refractivity contribution in [1.29, 1.82) is 0 Å². The lowest BCUT2D eigenvalue weighted by Gasteiger charge is -2.12. The molecule has 0 bridgehead atoms. The highest BCUT2D eigenvalue weighted by molar-refractivity contribution is 7.15. The average molecular weight is 287 g/mol. The summed E-state index contributed by atoms with van der Waals surface area (Å²) < 4.78 is 5.31. The van der Waals surface area contributed by atoms with Gasteiger partial charge in [0.1, 0.15) is 0 Å². The van der Waals surface area contributed by atoms with E-state index in [1.54, 1.807) is 7.11 Å². The third-order valence-electron chi connectivity index (χ3n) is 3.92. The van der Waals surface area contributed by atoms with Crippen molar-refractivity contribution in [2.24, 2.45) is 5.92 Å². The van der Waals surface area contributed by atoms with Crippen LogP contribution in [0.5, 0.6) is 0 Å². The zero-order valence-electron chi connectivity index (χ0n) is 12.1. The normalized spacial score (nSPS) is 16.3. The van der Waals surface area contributed by atoms with Gasteiger partial charge in [-0.25, -0.2) is 0 Å². The Kier molecular flexibility index (Phi) is 4.20. The third kappa shape index (κ3) is 2.80. The van der Waals surface area contributed by atoms with Crippen molar-refractivity contribution in [3.63, 3.8) is 0 Å². The van der Waals surface area contributed by atoms with E-state index in [0.717, 1.165) is 5.92 Å². The highest BCUT2D eigenvalue weighted by Crippen LogP contribution is 2.44. The lowest BCUT2D eigenvalue weighted by atomic mass is 10.1. The molecule has 1 aromatic carbocycles. The summed E-state index contributed by atoms with van der Waals surface area (Å²) in [5.74, 6) is 0.834. The first-order chi connectivity index (χ1) is 9.83. The number of benzene rings is 1. The van der Waals surface area contributed by atoms with Gasteiger partial charge in [-0.15, -0.1) is 11.3 Å². The van der Waals surface area contributed by atoms with Gasteiger partial charge in [0.15, 0.2) is 0 Å². The van der Waals surface area contributed by atoms with Crippen molar-refractivity contribution in [3.8, 4) is 10.4 Å². The average Bonchev–Trinajstić information content (AvgIpc) is 3.18. The number of hydrogen-bond donors (Lipinski definition) is 1. The van der Waals surface area contributed by atoms with Gasteiger partial charge in [-0.1, -0.05) is 24.3 Å². The van der Waals surface area contributed by atoms with Crippen molar-refractivity contribution in [3.05, 3.63) is 46.8 Å². The van der Waals surface area contributed by atoms with Crippen molar-refractivity contribution in [2.45, 2.75) is 25.5 Å². The minimum Gasteiger partial charge on any atom is -0.380 e. The highest BCUT2D eigenvalue weighted by Gasteiger charge is 2.32. The quantitative estimate of drug-likeness (QED) is 0.858. The van der Waals surface area contributed by atoms with E-state index in [9.17, 15) is 0 Å². The molecular formula is C17H21NOS. The van der Waals surface area contributed by atoms with E-state index in [-0.39, 0.29) is 0 Å². The summed E-state index contributed by atoms with van der Waals surface area (Å²) in [6.07, 6.45) is 2.72. The minimum atomic E-state index is 0.531. The number of hydrogen-bond acceptors (Lipinski definition) is 3. The van der Waals surface area contributed by atoms with E-state index in [0.29, 0.717) is 12.6 Å². The molecule has 1 unspecified atom stereocenters. The van der Waals surface area contributed by atoms with Crippen LogP contribution in [0.15, 0.2) is 36.4 Å². The van der Waals surface area contributed by atoms with Crippen LogP contribution < -0.4 is 5.32 Å². The molecule has 0 aliphatic heterocycles. The molecule has 0 saturated heterocycles. The lowest BCUT2D eigenvalue weighted by Crippen LogP contribution is -2.16. The van der Waals surface area contributed by atoms with Gasteiger partial charge < -0.3 is 10.1 Å². The molecule has 0 radical (unpaired) electrons. The molecule has 106 valence electrons. The fourth-order valence-electron chi connectivity index (χ4n) is 2.75. The van der Waals surface area contributed by atoms with Gasteiger partial charge >= 0.3 is 0 Å². The number of rotatable bonds is 6. The standard InChI is InChI=1S/C17H21NOS/c1-18-17(12-7-8-12)16-10-9-15(20-16)14-6-4-3-5-13(14)11-19-2/h3-6,9-10,12,17-18H,7-8,11H2,1-2H3. The Bertz CT molecular complexity index is 574. The summed E-state index contributed by atoms with van der Waals surface area (Å²) in [6.45, 7) is 0.668. The molecule has 0 amide bonds. The molecule has 1 aliphatic rings. The monoisotopic (exact) mass is 287 g/mol. The van der Waals surface area contributed by atoms with Gasteiger partial charge in [0.2, 0.25) is 0 Å². The summed E-state index contributed by atoms with van der Waals surface area (Å²) in [6, 6.07) is 13.6. The zero-order valence-corrected chi connectivity index (χ0v) is 12.9. The van der Waals surface area contributed by atoms with Gasteiger partial charge in [0.25, 0.3) is 0 Å². The second-order valence-electron chi connectivity index (χ2n) is 5.40. The number of methoxy groups -OCH3 is 1. The fourth-order valence-corrected chi connectivity index (χ4v) is 4.02. The highest BCUT2D eigenvalue weighted by atomic mass is 32.1. The molecule has 1 heterocycles. The summed E-state index contributed by atoms with van der Waals surface area (Å²) in [5, 5.41) is 3.47. The topological polar surface area (TPSA) is 21.3 Å². The van der Waals surface area contributed by atoms with Gasteiger partial charge in [-0.05, 0) is 49.1 Å². The van der Waals surface area contributed by atoms with E-state index in [4.69, 9.17) is 4.74 Å². The summed E-state index contributed by atoms with van der Waals surface area (Å²) in [5.41, 5.74) is 2.56. The van der Waals surface area contributed by atoms with E-state index < -0.39 is 0 Å². The number of ether oxygens (including phenoxy) is 1. The van der Waals surface area contributed by atoms with Crippen molar-refractivity contribution in [2.75, 3.05) is 14.2 Å². The van der Waals surface area contributed by atoms with Crippen LogP contribution in [-0.2, 0) is 11.3 Å². The van der Waals surface area contributed by atoms with Crippen LogP contribution in [0.4, 0.5) is 0 Å². The van der Waals surface area contributed by atoms with E-state index in [1.165, 1.54) is 33.7 Å². The Morgan fingerprint density at radius 3 is 2.75 bits per heavy atom. The maximum Gasteiger partial charge on any atom is 0.0719 e. The van der Waals surface area contributed by atoms with E-state index >= 15 is 0 Å². The molecule has 1 fully saturated rings. The molecular weight excluding hydrogens is 266 g/mol. The number of thiophene rings is 1. The summed E-state index contributed by atoms with van der Waals surface area (Å²) in [4.78, 5) is 2.80. The Labute approximate surface area is 124 Å². The van der Waals surface area contributed by atoms with Crippen LogP contribution in [-0.4, -0.2) is 14.2 Å². The molecule has 1 saturated carbocycles. The maximum absolute atomic E-state index is 5.31. The Hall–Kier alpha value is -1.16. The molecule has 3 heteroatoms. The molecule has 0 spiro atoms. The van der Waals surface area contributed by atoms with Gasteiger partial charge in [0.05, 0.1) is 6.61 Å². The van der Waals surface area contributed by atoms with Crippen molar-refractivity contribution < 1.29 is 4.74 Å². The maximum atomic E-state index is 5.31. The molecule has 1 aliphatic carbocycles. The Morgan fingerprint density at radius 1 is 1.25 bits per heavy atom. The zero-order chi connectivity index (χ0) is 13.9. The molecule has 20 heavy (non-hydrogen) atoms. The van der Waals surface area contributed by atoms with Crippen LogP contribution in [0.1, 0.15) is 29.3 Å². The van der Waals surface area contributed by atoms with Gasteiger partial charge in [-0.3, -0.25) is 0 Å². The van der Waals surface area contributed by atoms with Gasteiger partial charge in [-0.2, -0.15) is 0 Å². The van der Waals surface area contributed by atoms with E-state index in [2.05, 4.69) is 48.8 Å². The summed E-state index contributed by atoms with van der Waals surface area (Å²) in [7, 11) is 3.82. The van der Waals surface area contributed by atoms with Crippen LogP contribution in [0.2, 0.25) is 0 Å². The first kappa shape index (κ1) is 13.8. The minimum absolute atomic E-state index is 0.531. The van der Waals surface area contributed by atoms with Crippen LogP contribution in [0.3, 0.4) is 0 Å². The first-order valence-electron chi connectivity index (χ1n) is 7.17. The van der Waals surface area contributed by atoms with Crippen LogP contribution in [0, 0.1) is 5.92 Å². The molecule has 1 N–H and O–H groups in total. The molecule has 2 nitrogen and oxygen atoms in total. The Morgan fingerprint density at radius 2 is 2.05 bits per heavy atom. The van der Waals surface area contributed by atoms with Crippen molar-refractivity contribution >= 4 is 11.3 Å². The molecule has 1 aromatic heterocycles. The number of nitrogens with one attached hydrogen (secondary N) is 1. The van der Waals surface area contributed by atoms with Crippen LogP contribution >= 0.6 is 11.3 Å². The smallest absolute Gasteiger partial charge is 0.0719 e. The fraction of sp³-hybridized carbons (Fsp3) is 0.412. The second-order valence-corrected chi connectivity index (χ2v) is 6.51. The predicted molar refractivity (Wildman–Crippen MR) is 85.0 cm³/mol.